The van der Waals surface area contributed by atoms with Crippen LogP contribution in [0.3, 0.4) is 0 Å². The van der Waals surface area contributed by atoms with E-state index in [4.69, 9.17) is 5.11 Å². The molecule has 1 aromatic rings. The Kier molecular flexibility index (Phi) is 6.87. The van der Waals surface area contributed by atoms with Gasteiger partial charge in [0.15, 0.2) is 0 Å². The molecule has 1 rings (SSSR count). The summed E-state index contributed by atoms with van der Waals surface area (Å²) in [5, 5.41) is 8.89. The first-order valence-corrected chi connectivity index (χ1v) is 7.35. The van der Waals surface area contributed by atoms with Gasteiger partial charge in [0.1, 0.15) is 5.82 Å². The molecule has 0 spiro atoms. The predicted octanol–water partition coefficient (Wildman–Crippen LogP) is 2.96. The normalized spacial score (nSPS) is 12.6. The molecule has 0 aromatic heterocycles. The molecule has 0 radical (unpaired) electrons. The molecule has 1 aromatic carbocycles. The largest absolute Gasteiger partial charge is 0.481 e. The van der Waals surface area contributed by atoms with Crippen LogP contribution >= 0.6 is 11.8 Å². The quantitative estimate of drug-likeness (QED) is 0.746. The lowest BCUT2D eigenvalue weighted by Gasteiger charge is -2.22. The lowest BCUT2D eigenvalue weighted by atomic mass is 10.2. The van der Waals surface area contributed by atoms with E-state index in [-0.39, 0.29) is 11.7 Å². The fourth-order valence-electron chi connectivity index (χ4n) is 1.67. The number of carboxylic acid groups (broad SMARTS) is 1. The van der Waals surface area contributed by atoms with E-state index >= 15 is 0 Å². The van der Waals surface area contributed by atoms with Gasteiger partial charge in [0.2, 0.25) is 0 Å². The minimum absolute atomic E-state index is 0.227. The molecule has 0 aliphatic rings. The summed E-state index contributed by atoms with van der Waals surface area (Å²) in [6, 6.07) is 6.42. The molecule has 0 aliphatic heterocycles. The molecule has 3 nitrogen and oxygen atoms in total. The van der Waals surface area contributed by atoms with Gasteiger partial charge in [0, 0.05) is 23.7 Å². The summed E-state index contributed by atoms with van der Waals surface area (Å²) in [6.45, 7) is 5.98. The maximum atomic E-state index is 12.7. The first-order valence-electron chi connectivity index (χ1n) is 6.36. The topological polar surface area (TPSA) is 40.5 Å². The molecule has 0 saturated heterocycles. The molecule has 0 amide bonds. The number of thioether (sulfide) groups is 1. The minimum atomic E-state index is -0.760. The number of nitrogens with zero attached hydrogens (tertiary/aromatic N) is 1. The second-order valence-electron chi connectivity index (χ2n) is 4.43. The molecule has 0 saturated carbocycles. The summed E-state index contributed by atoms with van der Waals surface area (Å²) in [7, 11) is 0. The van der Waals surface area contributed by atoms with Gasteiger partial charge in [-0.3, -0.25) is 4.79 Å². The van der Waals surface area contributed by atoms with Gasteiger partial charge in [-0.1, -0.05) is 13.8 Å². The Morgan fingerprint density at radius 1 is 1.42 bits per heavy atom. The van der Waals surface area contributed by atoms with Crippen LogP contribution in [0.1, 0.15) is 13.8 Å². The van der Waals surface area contributed by atoms with Crippen molar-refractivity contribution in [3.8, 4) is 0 Å². The third-order valence-corrected chi connectivity index (χ3v) is 3.88. The highest BCUT2D eigenvalue weighted by molar-refractivity contribution is 7.99. The van der Waals surface area contributed by atoms with Crippen molar-refractivity contribution in [2.24, 2.45) is 5.92 Å². The maximum Gasteiger partial charge on any atom is 0.307 e. The Bertz CT molecular complexity index is 397. The fraction of sp³-hybridized carbons (Fsp3) is 0.500. The summed E-state index contributed by atoms with van der Waals surface area (Å²) in [5.74, 6) is -0.471. The zero-order valence-corrected chi connectivity index (χ0v) is 12.1. The maximum absolute atomic E-state index is 12.7. The minimum Gasteiger partial charge on any atom is -0.481 e. The van der Waals surface area contributed by atoms with E-state index in [1.807, 2.05) is 6.92 Å². The van der Waals surface area contributed by atoms with Crippen LogP contribution < -0.4 is 0 Å². The van der Waals surface area contributed by atoms with E-state index < -0.39 is 5.97 Å². The lowest BCUT2D eigenvalue weighted by Crippen LogP contribution is -2.33. The highest BCUT2D eigenvalue weighted by Crippen LogP contribution is 2.18. The Morgan fingerprint density at radius 2 is 2.05 bits per heavy atom. The molecule has 106 valence electrons. The second kappa shape index (κ2) is 8.17. The van der Waals surface area contributed by atoms with Gasteiger partial charge < -0.3 is 10.0 Å². The molecule has 0 fully saturated rings. The van der Waals surface area contributed by atoms with Gasteiger partial charge in [-0.25, -0.2) is 4.39 Å². The van der Waals surface area contributed by atoms with Crippen molar-refractivity contribution in [3.05, 3.63) is 30.1 Å². The van der Waals surface area contributed by atoms with E-state index in [1.54, 1.807) is 30.8 Å². The molecule has 1 atom stereocenters. The summed E-state index contributed by atoms with van der Waals surface area (Å²) < 4.78 is 12.7. The number of halogens is 1. The van der Waals surface area contributed by atoms with E-state index in [0.29, 0.717) is 6.54 Å². The molecule has 1 unspecified atom stereocenters. The van der Waals surface area contributed by atoms with E-state index in [2.05, 4.69) is 4.90 Å². The van der Waals surface area contributed by atoms with Crippen molar-refractivity contribution in [3.63, 3.8) is 0 Å². The molecule has 0 aliphatic carbocycles. The first-order chi connectivity index (χ1) is 9.02. The summed E-state index contributed by atoms with van der Waals surface area (Å²) in [4.78, 5) is 14.0. The van der Waals surface area contributed by atoms with E-state index in [9.17, 15) is 9.18 Å². The molecule has 5 heteroatoms. The molecular weight excluding hydrogens is 265 g/mol. The van der Waals surface area contributed by atoms with Gasteiger partial charge in [-0.2, -0.15) is 0 Å². The average Bonchev–Trinajstić information content (AvgIpc) is 2.39. The van der Waals surface area contributed by atoms with E-state index in [1.165, 1.54) is 12.1 Å². The van der Waals surface area contributed by atoms with Crippen LogP contribution in [0.15, 0.2) is 29.2 Å². The van der Waals surface area contributed by atoms with Crippen LogP contribution in [0.4, 0.5) is 4.39 Å². The van der Waals surface area contributed by atoms with Crippen LogP contribution in [0.5, 0.6) is 0 Å². The summed E-state index contributed by atoms with van der Waals surface area (Å²) in [6.07, 6.45) is 0. The van der Waals surface area contributed by atoms with Gasteiger partial charge in [0.25, 0.3) is 0 Å². The highest BCUT2D eigenvalue weighted by atomic mass is 32.2. The number of aliphatic carboxylic acids is 1. The van der Waals surface area contributed by atoms with Gasteiger partial charge in [-0.15, -0.1) is 11.8 Å². The molecule has 1 N–H and O–H groups in total. The smallest absolute Gasteiger partial charge is 0.307 e. The monoisotopic (exact) mass is 285 g/mol. The first kappa shape index (κ1) is 16.0. The van der Waals surface area contributed by atoms with Crippen LogP contribution in [0, 0.1) is 11.7 Å². The van der Waals surface area contributed by atoms with Crippen molar-refractivity contribution in [1.82, 2.24) is 4.90 Å². The lowest BCUT2D eigenvalue weighted by molar-refractivity contribution is -0.141. The number of carbonyl (C=O) groups is 1. The average molecular weight is 285 g/mol. The fourth-order valence-corrected chi connectivity index (χ4v) is 2.58. The third kappa shape index (κ3) is 6.07. The third-order valence-electron chi connectivity index (χ3n) is 2.89. The Morgan fingerprint density at radius 3 is 2.58 bits per heavy atom. The van der Waals surface area contributed by atoms with Gasteiger partial charge in [0.05, 0.1) is 5.92 Å². The Labute approximate surface area is 117 Å². The molecule has 19 heavy (non-hydrogen) atoms. The number of carboxylic acids is 1. The molecular formula is C14H20FNO2S. The van der Waals surface area contributed by atoms with Crippen LogP contribution in [0.2, 0.25) is 0 Å². The number of hydrogen-bond acceptors (Lipinski definition) is 3. The van der Waals surface area contributed by atoms with E-state index in [0.717, 1.165) is 23.7 Å². The van der Waals surface area contributed by atoms with Crippen molar-refractivity contribution in [2.75, 3.05) is 25.4 Å². The van der Waals surface area contributed by atoms with Crippen molar-refractivity contribution in [2.45, 2.75) is 18.7 Å². The predicted molar refractivity (Wildman–Crippen MR) is 76.0 cm³/mol. The Hall–Kier alpha value is -1.07. The van der Waals surface area contributed by atoms with Gasteiger partial charge >= 0.3 is 5.97 Å². The van der Waals surface area contributed by atoms with Crippen molar-refractivity contribution in [1.29, 1.82) is 0 Å². The van der Waals surface area contributed by atoms with Crippen molar-refractivity contribution >= 4 is 17.7 Å². The zero-order valence-electron chi connectivity index (χ0n) is 11.3. The van der Waals surface area contributed by atoms with Crippen molar-refractivity contribution < 1.29 is 14.3 Å². The van der Waals surface area contributed by atoms with Crippen LogP contribution in [-0.2, 0) is 4.79 Å². The number of hydrogen-bond donors (Lipinski definition) is 1. The van der Waals surface area contributed by atoms with Crippen LogP contribution in [-0.4, -0.2) is 41.4 Å². The highest BCUT2D eigenvalue weighted by Gasteiger charge is 2.14. The second-order valence-corrected chi connectivity index (χ2v) is 5.60. The SMILES string of the molecule is CCN(CCSc1ccc(F)cc1)CC(C)C(=O)O. The Balaban J connectivity index is 2.33. The summed E-state index contributed by atoms with van der Waals surface area (Å²) in [5.41, 5.74) is 0. The van der Waals surface area contributed by atoms with Gasteiger partial charge in [-0.05, 0) is 30.8 Å². The molecule has 0 bridgehead atoms. The molecule has 0 heterocycles. The zero-order chi connectivity index (χ0) is 14.3. The number of rotatable bonds is 8. The van der Waals surface area contributed by atoms with Crippen LogP contribution in [0.25, 0.3) is 0 Å². The number of benzene rings is 1. The summed E-state index contributed by atoms with van der Waals surface area (Å²) >= 11 is 1.65. The standard InChI is InChI=1S/C14H20FNO2S/c1-3-16(10-11(2)14(17)18)8-9-19-13-6-4-12(15)5-7-13/h4-7,11H,3,8-10H2,1-2H3,(H,17,18).